The quantitative estimate of drug-likeness (QED) is 0.446. The highest BCUT2D eigenvalue weighted by Gasteiger charge is 2.47. The number of carboxylic acid groups (broad SMARTS) is 1. The van der Waals surface area contributed by atoms with Gasteiger partial charge in [-0.05, 0) is 100 Å². The van der Waals surface area contributed by atoms with Crippen LogP contribution in [0.4, 0.5) is 0 Å². The summed E-state index contributed by atoms with van der Waals surface area (Å²) in [5, 5.41) is 9.36. The van der Waals surface area contributed by atoms with Gasteiger partial charge in [0.25, 0.3) is 0 Å². The second-order valence-corrected chi connectivity index (χ2v) is 14.5. The minimum absolute atomic E-state index is 0.162. The van der Waals surface area contributed by atoms with E-state index in [1.54, 1.807) is 0 Å². The highest BCUT2D eigenvalue weighted by molar-refractivity contribution is 5.76. The molecular formula is C34H50N4O2. The number of carbonyl (C=O) groups is 1. The van der Waals surface area contributed by atoms with Gasteiger partial charge < -0.3 is 9.67 Å². The zero-order valence-electron chi connectivity index (χ0n) is 24.6. The second kappa shape index (κ2) is 11.4. The first-order chi connectivity index (χ1) is 19.5. The van der Waals surface area contributed by atoms with Gasteiger partial charge in [0, 0.05) is 37.1 Å². The van der Waals surface area contributed by atoms with Crippen molar-refractivity contribution in [2.75, 3.05) is 19.6 Å². The van der Waals surface area contributed by atoms with E-state index in [4.69, 9.17) is 4.98 Å². The van der Waals surface area contributed by atoms with Crippen LogP contribution in [0.25, 0.3) is 11.0 Å². The molecule has 1 aromatic carbocycles. The zero-order valence-corrected chi connectivity index (χ0v) is 24.6. The van der Waals surface area contributed by atoms with Gasteiger partial charge in [-0.2, -0.15) is 0 Å². The standard InChI is InChI=1S/C34H50N4O2/c1-23-12-13-27-19-29(20-32(23)37(27)28-16-24-7-2-3-8-25(15-24)17-28)38-31-11-5-4-10-30(31)35-33(38)18-26-9-6-14-36(21-26)22-34(39)40/h4-5,10-11,23-29,32H,2-3,6-9,12-22H2,1H3,(H,39,40)/t23-,24-,25+,26+,27+,28?,29-,32+/m1/s1. The van der Waals surface area contributed by atoms with Gasteiger partial charge in [0.2, 0.25) is 0 Å². The van der Waals surface area contributed by atoms with Gasteiger partial charge in [-0.1, -0.05) is 44.7 Å². The maximum absolute atomic E-state index is 11.4. The maximum Gasteiger partial charge on any atom is 0.317 e. The molecule has 0 spiro atoms. The molecule has 4 bridgehead atoms. The smallest absolute Gasteiger partial charge is 0.317 e. The Morgan fingerprint density at radius 2 is 1.70 bits per heavy atom. The van der Waals surface area contributed by atoms with Crippen LogP contribution in [0.2, 0.25) is 0 Å². The Balaban J connectivity index is 1.15. The van der Waals surface area contributed by atoms with Gasteiger partial charge >= 0.3 is 5.97 Å². The van der Waals surface area contributed by atoms with Crippen molar-refractivity contribution in [1.82, 2.24) is 19.4 Å². The van der Waals surface area contributed by atoms with E-state index in [1.165, 1.54) is 88.4 Å². The summed E-state index contributed by atoms with van der Waals surface area (Å²) in [4.78, 5) is 21.9. The molecule has 2 aliphatic carbocycles. The van der Waals surface area contributed by atoms with E-state index < -0.39 is 5.97 Å². The van der Waals surface area contributed by atoms with Crippen molar-refractivity contribution in [2.24, 2.45) is 23.7 Å². The number of aliphatic carboxylic acids is 1. The first-order valence-electron chi connectivity index (χ1n) is 16.7. The van der Waals surface area contributed by atoms with Crippen molar-refractivity contribution in [1.29, 1.82) is 0 Å². The molecule has 40 heavy (non-hydrogen) atoms. The fourth-order valence-corrected chi connectivity index (χ4v) is 10.1. The highest BCUT2D eigenvalue weighted by atomic mass is 16.4. The van der Waals surface area contributed by atoms with Crippen LogP contribution in [0.1, 0.15) is 102 Å². The molecule has 3 aliphatic heterocycles. The average Bonchev–Trinajstić information content (AvgIpc) is 3.20. The molecule has 7 rings (SSSR count). The van der Waals surface area contributed by atoms with Crippen molar-refractivity contribution in [3.63, 3.8) is 0 Å². The summed E-state index contributed by atoms with van der Waals surface area (Å²) in [6.45, 7) is 4.48. The van der Waals surface area contributed by atoms with Crippen molar-refractivity contribution >= 4 is 17.0 Å². The minimum Gasteiger partial charge on any atom is -0.480 e. The lowest BCUT2D eigenvalue weighted by molar-refractivity contribution is -0.138. The Kier molecular flexibility index (Phi) is 7.68. The second-order valence-electron chi connectivity index (χ2n) is 14.5. The molecule has 1 aromatic heterocycles. The summed E-state index contributed by atoms with van der Waals surface area (Å²) in [5.74, 6) is 3.73. The Labute approximate surface area is 240 Å². The van der Waals surface area contributed by atoms with E-state index in [1.807, 2.05) is 0 Å². The Morgan fingerprint density at radius 1 is 0.900 bits per heavy atom. The number of imidazole rings is 1. The molecule has 0 amide bonds. The summed E-state index contributed by atoms with van der Waals surface area (Å²) in [6, 6.07) is 11.5. The lowest BCUT2D eigenvalue weighted by atomic mass is 9.71. The fourth-order valence-electron chi connectivity index (χ4n) is 10.1. The van der Waals surface area contributed by atoms with Crippen LogP contribution in [0.3, 0.4) is 0 Å². The topological polar surface area (TPSA) is 61.6 Å². The molecular weight excluding hydrogens is 496 g/mol. The molecule has 6 nitrogen and oxygen atoms in total. The number of para-hydroxylation sites is 2. The van der Waals surface area contributed by atoms with Gasteiger partial charge in [-0.15, -0.1) is 0 Å². The number of piperidine rings is 3. The van der Waals surface area contributed by atoms with Crippen LogP contribution in [-0.2, 0) is 11.2 Å². The van der Waals surface area contributed by atoms with Gasteiger partial charge in [-0.3, -0.25) is 14.6 Å². The molecule has 1 N–H and O–H groups in total. The van der Waals surface area contributed by atoms with Crippen LogP contribution < -0.4 is 0 Å². The van der Waals surface area contributed by atoms with E-state index in [2.05, 4.69) is 45.6 Å². The molecule has 3 saturated heterocycles. The predicted octanol–water partition coefficient (Wildman–Crippen LogP) is 6.54. The van der Waals surface area contributed by atoms with Crippen LogP contribution >= 0.6 is 0 Å². The monoisotopic (exact) mass is 546 g/mol. The minimum atomic E-state index is -0.711. The molecule has 6 heteroatoms. The first-order valence-corrected chi connectivity index (χ1v) is 16.7. The molecule has 0 radical (unpaired) electrons. The van der Waals surface area contributed by atoms with E-state index >= 15 is 0 Å². The summed E-state index contributed by atoms with van der Waals surface area (Å²) in [6.07, 6.45) is 18.8. The lowest BCUT2D eigenvalue weighted by Gasteiger charge is -2.56. The largest absolute Gasteiger partial charge is 0.480 e. The number of benzene rings is 1. The van der Waals surface area contributed by atoms with Crippen LogP contribution in [0, 0.1) is 23.7 Å². The number of carboxylic acids is 1. The summed E-state index contributed by atoms with van der Waals surface area (Å²) >= 11 is 0. The number of aromatic nitrogens is 2. The predicted molar refractivity (Wildman–Crippen MR) is 159 cm³/mol. The first kappa shape index (κ1) is 26.9. The molecule has 5 fully saturated rings. The van der Waals surface area contributed by atoms with Crippen LogP contribution in [0.15, 0.2) is 24.3 Å². The summed E-state index contributed by atoms with van der Waals surface area (Å²) < 4.78 is 2.67. The third-order valence-corrected chi connectivity index (χ3v) is 11.7. The number of hydrogen-bond donors (Lipinski definition) is 1. The zero-order chi connectivity index (χ0) is 27.2. The third-order valence-electron chi connectivity index (χ3n) is 11.7. The normalized spacial score (nSPS) is 37.3. The number of likely N-dealkylation sites (tertiary alicyclic amines) is 1. The van der Waals surface area contributed by atoms with E-state index in [-0.39, 0.29) is 6.54 Å². The molecule has 1 unspecified atom stereocenters. The molecule has 5 aliphatic rings. The van der Waals surface area contributed by atoms with Crippen LogP contribution in [0.5, 0.6) is 0 Å². The number of hydrogen-bond acceptors (Lipinski definition) is 4. The van der Waals surface area contributed by atoms with Gasteiger partial charge in [0.05, 0.1) is 17.6 Å². The lowest BCUT2D eigenvalue weighted by Crippen LogP contribution is -2.60. The number of nitrogens with zero attached hydrogens (tertiary/aromatic N) is 4. The van der Waals surface area contributed by atoms with Crippen molar-refractivity contribution in [2.45, 2.75) is 121 Å². The SMILES string of the molecule is C[C@@H]1CC[C@H]2C[C@@H](n3c(C[C@@H]4CCCN(CC(=O)O)C4)nc4ccccc43)C[C@@H]1N2C1C[C@H]2CCCC[C@@H](C1)C2. The van der Waals surface area contributed by atoms with E-state index in [9.17, 15) is 9.90 Å². The highest BCUT2D eigenvalue weighted by Crippen LogP contribution is 2.49. The average molecular weight is 547 g/mol. The summed E-state index contributed by atoms with van der Waals surface area (Å²) in [5.41, 5.74) is 2.44. The van der Waals surface area contributed by atoms with Crippen molar-refractivity contribution < 1.29 is 9.90 Å². The van der Waals surface area contributed by atoms with Gasteiger partial charge in [0.15, 0.2) is 0 Å². The molecule has 8 atom stereocenters. The molecule has 2 saturated carbocycles. The van der Waals surface area contributed by atoms with E-state index in [0.717, 1.165) is 55.2 Å². The van der Waals surface area contributed by atoms with Crippen molar-refractivity contribution in [3.05, 3.63) is 30.1 Å². The van der Waals surface area contributed by atoms with Gasteiger partial charge in [-0.25, -0.2) is 4.98 Å². The number of fused-ring (bicyclic) bond motifs is 5. The molecule has 2 aromatic rings. The molecule has 218 valence electrons. The van der Waals surface area contributed by atoms with Crippen LogP contribution in [-0.4, -0.2) is 68.2 Å². The van der Waals surface area contributed by atoms with Crippen molar-refractivity contribution in [3.8, 4) is 0 Å². The Bertz CT molecular complexity index is 1180. The number of rotatable bonds is 6. The van der Waals surface area contributed by atoms with Gasteiger partial charge in [0.1, 0.15) is 5.82 Å². The molecule has 4 heterocycles. The Hall–Kier alpha value is -1.92. The fraction of sp³-hybridized carbons (Fsp3) is 0.765. The maximum atomic E-state index is 11.4. The van der Waals surface area contributed by atoms with E-state index in [0.29, 0.717) is 24.0 Å². The Morgan fingerprint density at radius 3 is 2.50 bits per heavy atom. The third kappa shape index (κ3) is 5.35. The summed E-state index contributed by atoms with van der Waals surface area (Å²) in [7, 11) is 0.